The minimum Gasteiger partial charge on any atom is -0.508 e. The summed E-state index contributed by atoms with van der Waals surface area (Å²) in [7, 11) is 3.81. The number of fused-ring (bicyclic) bond motifs is 1. The van der Waals surface area contributed by atoms with Gasteiger partial charge in [0.25, 0.3) is 11.8 Å². The lowest BCUT2D eigenvalue weighted by Crippen LogP contribution is -2.33. The zero-order valence-corrected chi connectivity index (χ0v) is 18.6. The number of nitrogens with zero attached hydrogens (tertiary/aromatic N) is 3. The van der Waals surface area contributed by atoms with Crippen molar-refractivity contribution in [2.75, 3.05) is 38.7 Å². The highest BCUT2D eigenvalue weighted by Gasteiger charge is 2.30. The quantitative estimate of drug-likeness (QED) is 0.570. The number of hydrogen-bond donors (Lipinski definition) is 3. The number of hydrogen-bond acceptors (Lipinski definition) is 6. The Kier molecular flexibility index (Phi) is 7.17. The van der Waals surface area contributed by atoms with Crippen molar-refractivity contribution in [1.82, 2.24) is 9.80 Å². The highest BCUT2D eigenvalue weighted by atomic mass is 16.3. The summed E-state index contributed by atoms with van der Waals surface area (Å²) in [4.78, 5) is 31.0. The molecule has 1 heterocycles. The molecule has 2 amide bonds. The second-order valence-corrected chi connectivity index (χ2v) is 8.11. The van der Waals surface area contributed by atoms with E-state index in [0.717, 1.165) is 11.1 Å². The second kappa shape index (κ2) is 9.84. The molecule has 0 saturated heterocycles. The van der Waals surface area contributed by atoms with Crippen LogP contribution in [0.15, 0.2) is 42.5 Å². The summed E-state index contributed by atoms with van der Waals surface area (Å²) < 4.78 is 0. The molecular weight excluding hydrogens is 410 g/mol. The number of aliphatic hydroxyl groups is 1. The molecule has 32 heavy (non-hydrogen) atoms. The van der Waals surface area contributed by atoms with Gasteiger partial charge in [-0.05, 0) is 44.3 Å². The van der Waals surface area contributed by atoms with Crippen molar-refractivity contribution in [2.24, 2.45) is 0 Å². The maximum atomic E-state index is 13.1. The third-order valence-corrected chi connectivity index (χ3v) is 5.40. The summed E-state index contributed by atoms with van der Waals surface area (Å²) in [5.41, 5.74) is 2.99. The summed E-state index contributed by atoms with van der Waals surface area (Å²) in [6.45, 7) is 2.81. The Morgan fingerprint density at radius 3 is 2.56 bits per heavy atom. The molecular formula is C24H29N3O5. The van der Waals surface area contributed by atoms with Crippen molar-refractivity contribution in [3.05, 3.63) is 64.7 Å². The van der Waals surface area contributed by atoms with Crippen LogP contribution in [0.5, 0.6) is 11.5 Å². The maximum Gasteiger partial charge on any atom is 0.258 e. The van der Waals surface area contributed by atoms with E-state index < -0.39 is 0 Å². The minimum atomic E-state index is -0.362. The monoisotopic (exact) mass is 439 g/mol. The molecule has 2 aromatic carbocycles. The lowest BCUT2D eigenvalue weighted by molar-refractivity contribution is -0.114. The van der Waals surface area contributed by atoms with Crippen molar-refractivity contribution in [2.45, 2.75) is 20.0 Å². The van der Waals surface area contributed by atoms with Gasteiger partial charge in [-0.1, -0.05) is 18.2 Å². The van der Waals surface area contributed by atoms with E-state index in [0.29, 0.717) is 24.3 Å². The number of amides is 2. The summed E-state index contributed by atoms with van der Waals surface area (Å²) in [5, 5.41) is 29.5. The molecule has 0 bridgehead atoms. The van der Waals surface area contributed by atoms with E-state index >= 15 is 0 Å². The molecule has 8 nitrogen and oxygen atoms in total. The van der Waals surface area contributed by atoms with Crippen molar-refractivity contribution < 1.29 is 24.9 Å². The number of rotatable bonds is 7. The number of aryl methyl sites for hydroxylation is 1. The zero-order valence-electron chi connectivity index (χ0n) is 18.6. The highest BCUT2D eigenvalue weighted by molar-refractivity contribution is 6.02. The highest BCUT2D eigenvalue weighted by Crippen LogP contribution is 2.35. The molecule has 3 rings (SSSR count). The van der Waals surface area contributed by atoms with E-state index in [9.17, 15) is 24.9 Å². The smallest absolute Gasteiger partial charge is 0.258 e. The van der Waals surface area contributed by atoms with E-state index in [1.54, 1.807) is 17.9 Å². The van der Waals surface area contributed by atoms with Gasteiger partial charge in [-0.25, -0.2) is 0 Å². The normalized spacial score (nSPS) is 13.1. The summed E-state index contributed by atoms with van der Waals surface area (Å²) in [6, 6.07) is 8.17. The van der Waals surface area contributed by atoms with Gasteiger partial charge in [0.1, 0.15) is 11.5 Å². The lowest BCUT2D eigenvalue weighted by atomic mass is 10.1. The van der Waals surface area contributed by atoms with Gasteiger partial charge >= 0.3 is 0 Å². The molecule has 0 saturated carbocycles. The van der Waals surface area contributed by atoms with Crippen molar-refractivity contribution in [3.8, 4) is 11.5 Å². The molecule has 170 valence electrons. The molecule has 1 aliphatic rings. The zero-order chi connectivity index (χ0) is 23.4. The van der Waals surface area contributed by atoms with Crippen LogP contribution in [0.25, 0.3) is 0 Å². The average molecular weight is 440 g/mol. The number of carbonyl (C=O) groups excluding carboxylic acids is 2. The van der Waals surface area contributed by atoms with Crippen LogP contribution in [0.4, 0.5) is 5.69 Å². The molecule has 0 atom stereocenters. The van der Waals surface area contributed by atoms with Crippen LogP contribution in [-0.2, 0) is 17.9 Å². The average Bonchev–Trinajstić information content (AvgIpc) is 3.18. The number of benzene rings is 2. The standard InChI is InChI=1S/C24H29N3O5/c1-16-12-18(22(30)13-21(16)29)24(32)26-14-17-6-4-7-20(19(17)15-26)27(10-11-28)23(31)8-5-9-25(2)3/h4-8,12-13,28-30H,9-11,14-15H2,1-3H3/b8-5+. The first kappa shape index (κ1) is 23.3. The first-order valence-electron chi connectivity index (χ1n) is 10.4. The Hall–Kier alpha value is -3.36. The number of carbonyl (C=O) groups is 2. The van der Waals surface area contributed by atoms with Crippen LogP contribution in [-0.4, -0.2) is 70.7 Å². The van der Waals surface area contributed by atoms with E-state index in [4.69, 9.17) is 0 Å². The number of aromatic hydroxyl groups is 2. The SMILES string of the molecule is Cc1cc(C(=O)N2Cc3cccc(N(CCO)C(=O)/C=C/CN(C)C)c3C2)c(O)cc1O. The topological polar surface area (TPSA) is 105 Å². The summed E-state index contributed by atoms with van der Waals surface area (Å²) in [6.07, 6.45) is 3.26. The Labute approximate surface area is 187 Å². The maximum absolute atomic E-state index is 13.1. The van der Waals surface area contributed by atoms with Crippen molar-refractivity contribution in [3.63, 3.8) is 0 Å². The van der Waals surface area contributed by atoms with Gasteiger partial charge in [0, 0.05) is 49.6 Å². The van der Waals surface area contributed by atoms with Gasteiger partial charge in [0.05, 0.1) is 12.2 Å². The first-order chi connectivity index (χ1) is 15.2. The van der Waals surface area contributed by atoms with Crippen LogP contribution >= 0.6 is 0 Å². The van der Waals surface area contributed by atoms with Crippen LogP contribution in [0, 0.1) is 6.92 Å². The molecule has 0 fully saturated rings. The van der Waals surface area contributed by atoms with Gasteiger partial charge in [-0.2, -0.15) is 0 Å². The molecule has 0 aliphatic carbocycles. The van der Waals surface area contributed by atoms with Crippen molar-refractivity contribution >= 4 is 17.5 Å². The Morgan fingerprint density at radius 1 is 1.12 bits per heavy atom. The van der Waals surface area contributed by atoms with Gasteiger partial charge in [0.15, 0.2) is 0 Å². The van der Waals surface area contributed by atoms with Gasteiger partial charge < -0.3 is 30.0 Å². The number of anilines is 1. The minimum absolute atomic E-state index is 0.0773. The fourth-order valence-electron chi connectivity index (χ4n) is 3.73. The molecule has 8 heteroatoms. The Morgan fingerprint density at radius 2 is 1.88 bits per heavy atom. The number of aliphatic hydroxyl groups excluding tert-OH is 1. The van der Waals surface area contributed by atoms with Crippen LogP contribution in [0.2, 0.25) is 0 Å². The third kappa shape index (κ3) is 4.92. The fourth-order valence-corrected chi connectivity index (χ4v) is 3.73. The largest absolute Gasteiger partial charge is 0.508 e. The number of likely N-dealkylation sites (N-methyl/N-ethyl adjacent to an activating group) is 1. The predicted molar refractivity (Wildman–Crippen MR) is 122 cm³/mol. The first-order valence-corrected chi connectivity index (χ1v) is 10.4. The second-order valence-electron chi connectivity index (χ2n) is 8.11. The molecule has 3 N–H and O–H groups in total. The number of phenolic OH excluding ortho intramolecular Hbond substituents is 2. The number of phenols is 2. The van der Waals surface area contributed by atoms with Gasteiger partial charge in [-0.15, -0.1) is 0 Å². The predicted octanol–water partition coefficient (Wildman–Crippen LogP) is 2.01. The molecule has 0 aromatic heterocycles. The summed E-state index contributed by atoms with van der Waals surface area (Å²) >= 11 is 0. The van der Waals surface area contributed by atoms with Gasteiger partial charge in [0.2, 0.25) is 0 Å². The van der Waals surface area contributed by atoms with Crippen LogP contribution in [0.1, 0.15) is 27.0 Å². The van der Waals surface area contributed by atoms with E-state index in [-0.39, 0.29) is 48.6 Å². The third-order valence-electron chi connectivity index (χ3n) is 5.40. The molecule has 1 aliphatic heterocycles. The Bertz CT molecular complexity index is 1050. The summed E-state index contributed by atoms with van der Waals surface area (Å²) in [5.74, 6) is -0.964. The Balaban J connectivity index is 1.87. The van der Waals surface area contributed by atoms with Gasteiger partial charge in [-0.3, -0.25) is 9.59 Å². The van der Waals surface area contributed by atoms with E-state index in [1.165, 1.54) is 23.1 Å². The molecule has 0 radical (unpaired) electrons. The fraction of sp³-hybridized carbons (Fsp3) is 0.333. The molecule has 2 aromatic rings. The lowest BCUT2D eigenvalue weighted by Gasteiger charge is -2.23. The molecule has 0 spiro atoms. The van der Waals surface area contributed by atoms with Crippen LogP contribution < -0.4 is 4.90 Å². The van der Waals surface area contributed by atoms with Crippen LogP contribution in [0.3, 0.4) is 0 Å². The van der Waals surface area contributed by atoms with E-state index in [1.807, 2.05) is 37.2 Å². The molecule has 0 unspecified atom stereocenters. The van der Waals surface area contributed by atoms with E-state index in [2.05, 4.69) is 0 Å². The van der Waals surface area contributed by atoms with Crippen molar-refractivity contribution in [1.29, 1.82) is 0 Å².